The number of hydrogen-bond donors (Lipinski definition) is 0. The number of benzene rings is 1. The Kier molecular flexibility index (Phi) is 5.32. The lowest BCUT2D eigenvalue weighted by Crippen LogP contribution is -2.64. The first kappa shape index (κ1) is 16.4. The molecule has 0 bridgehead atoms. The predicted octanol–water partition coefficient (Wildman–Crippen LogP) is 4.33. The van der Waals surface area contributed by atoms with Crippen molar-refractivity contribution in [2.45, 2.75) is 53.5 Å². The topological polar surface area (TPSA) is 6.48 Å². The minimum absolute atomic E-state index is 0.576. The Morgan fingerprint density at radius 2 is 1.81 bits per heavy atom. The van der Waals surface area contributed by atoms with Crippen molar-refractivity contribution < 1.29 is 0 Å². The van der Waals surface area contributed by atoms with Gasteiger partial charge in [0.05, 0.1) is 0 Å². The molecule has 2 aliphatic rings. The molecule has 0 radical (unpaired) electrons. The normalized spacial score (nSPS) is 21.0. The molecule has 21 heavy (non-hydrogen) atoms. The first-order valence-electron chi connectivity index (χ1n) is 8.64. The van der Waals surface area contributed by atoms with Crippen molar-refractivity contribution in [3.05, 3.63) is 29.8 Å². The van der Waals surface area contributed by atoms with E-state index in [4.69, 9.17) is 0 Å². The molecule has 1 aromatic rings. The number of piperidine rings is 1. The minimum Gasteiger partial charge on any atom is -0.371 e. The van der Waals surface area contributed by atoms with Gasteiger partial charge in [0.25, 0.3) is 0 Å². The Morgan fingerprint density at radius 1 is 1.10 bits per heavy atom. The van der Waals surface area contributed by atoms with Crippen molar-refractivity contribution in [1.82, 2.24) is 4.90 Å². The van der Waals surface area contributed by atoms with Crippen LogP contribution in [0.5, 0.6) is 0 Å². The molecule has 0 aliphatic carbocycles. The molecular formula is C19H32N2. The fourth-order valence-corrected chi connectivity index (χ4v) is 3.69. The molecule has 1 aromatic carbocycles. The summed E-state index contributed by atoms with van der Waals surface area (Å²) in [5.41, 5.74) is 3.36. The molecule has 0 aromatic heterocycles. The fraction of sp³-hybridized carbons (Fsp3) is 0.684. The average Bonchev–Trinajstić information content (AvgIpc) is 2.47. The van der Waals surface area contributed by atoms with Crippen molar-refractivity contribution in [1.29, 1.82) is 0 Å². The summed E-state index contributed by atoms with van der Waals surface area (Å²) in [4.78, 5) is 5.22. The van der Waals surface area contributed by atoms with Gasteiger partial charge < -0.3 is 4.90 Å². The first-order chi connectivity index (χ1) is 10.1. The standard InChI is InChI=1S/C17H26N2.C2H6/c1-14(2)19-12-17(13-19)8-5-9-18(11-17)16-7-4-6-15(3)10-16;1-2/h4,6-7,10,14H,5,8-9,11-13H2,1-3H3;1-2H3. The molecule has 3 rings (SSSR count). The van der Waals surface area contributed by atoms with E-state index >= 15 is 0 Å². The van der Waals surface area contributed by atoms with Gasteiger partial charge in [-0.15, -0.1) is 0 Å². The Morgan fingerprint density at radius 3 is 2.43 bits per heavy atom. The second-order valence-corrected chi connectivity index (χ2v) is 6.86. The number of anilines is 1. The Labute approximate surface area is 131 Å². The zero-order valence-corrected chi connectivity index (χ0v) is 14.5. The van der Waals surface area contributed by atoms with Gasteiger partial charge in [0.15, 0.2) is 0 Å². The van der Waals surface area contributed by atoms with Crippen molar-refractivity contribution >= 4 is 5.69 Å². The molecule has 1 spiro atoms. The maximum absolute atomic E-state index is 2.61. The first-order valence-corrected chi connectivity index (χ1v) is 8.64. The zero-order chi connectivity index (χ0) is 15.5. The van der Waals surface area contributed by atoms with Gasteiger partial charge in [-0.2, -0.15) is 0 Å². The average molecular weight is 288 g/mol. The summed E-state index contributed by atoms with van der Waals surface area (Å²) in [5, 5.41) is 0. The molecule has 0 saturated carbocycles. The van der Waals surface area contributed by atoms with Crippen LogP contribution in [-0.4, -0.2) is 37.1 Å². The van der Waals surface area contributed by atoms with Gasteiger partial charge in [0.2, 0.25) is 0 Å². The zero-order valence-electron chi connectivity index (χ0n) is 14.5. The molecule has 2 heteroatoms. The third-order valence-electron chi connectivity index (χ3n) is 4.84. The molecule has 2 heterocycles. The highest BCUT2D eigenvalue weighted by molar-refractivity contribution is 5.49. The summed E-state index contributed by atoms with van der Waals surface area (Å²) >= 11 is 0. The molecule has 2 aliphatic heterocycles. The van der Waals surface area contributed by atoms with Crippen LogP contribution in [0.15, 0.2) is 24.3 Å². The van der Waals surface area contributed by atoms with E-state index in [1.54, 1.807) is 0 Å². The van der Waals surface area contributed by atoms with Gasteiger partial charge in [-0.25, -0.2) is 0 Å². The van der Waals surface area contributed by atoms with Crippen LogP contribution in [0.3, 0.4) is 0 Å². The summed E-state index contributed by atoms with van der Waals surface area (Å²) in [5.74, 6) is 0. The predicted molar refractivity (Wildman–Crippen MR) is 93.1 cm³/mol. The minimum atomic E-state index is 0.576. The molecular weight excluding hydrogens is 256 g/mol. The van der Waals surface area contributed by atoms with Crippen LogP contribution in [0.1, 0.15) is 46.1 Å². The maximum atomic E-state index is 2.61. The molecule has 2 saturated heterocycles. The summed E-state index contributed by atoms with van der Waals surface area (Å²) in [6.07, 6.45) is 2.76. The number of nitrogens with zero attached hydrogens (tertiary/aromatic N) is 2. The van der Waals surface area contributed by atoms with Crippen LogP contribution in [-0.2, 0) is 0 Å². The van der Waals surface area contributed by atoms with Crippen LogP contribution in [0, 0.1) is 12.3 Å². The second kappa shape index (κ2) is 6.83. The van der Waals surface area contributed by atoms with E-state index in [1.807, 2.05) is 13.8 Å². The lowest BCUT2D eigenvalue weighted by atomic mass is 9.72. The molecule has 0 amide bonds. The Hall–Kier alpha value is -1.02. The largest absolute Gasteiger partial charge is 0.371 e. The second-order valence-electron chi connectivity index (χ2n) is 6.86. The lowest BCUT2D eigenvalue weighted by molar-refractivity contribution is -0.0305. The van der Waals surface area contributed by atoms with E-state index in [9.17, 15) is 0 Å². The van der Waals surface area contributed by atoms with Gasteiger partial charge in [0, 0.05) is 43.3 Å². The lowest BCUT2D eigenvalue weighted by Gasteiger charge is -2.56. The summed E-state index contributed by atoms with van der Waals surface area (Å²) < 4.78 is 0. The molecule has 2 nitrogen and oxygen atoms in total. The number of hydrogen-bond acceptors (Lipinski definition) is 2. The van der Waals surface area contributed by atoms with Crippen LogP contribution < -0.4 is 4.90 Å². The van der Waals surface area contributed by atoms with Gasteiger partial charge in [-0.3, -0.25) is 4.90 Å². The molecule has 118 valence electrons. The van der Waals surface area contributed by atoms with Crippen molar-refractivity contribution in [2.24, 2.45) is 5.41 Å². The Balaban J connectivity index is 0.000000774. The maximum Gasteiger partial charge on any atom is 0.0369 e. The van der Waals surface area contributed by atoms with Crippen LogP contribution in [0.2, 0.25) is 0 Å². The highest BCUT2D eigenvalue weighted by atomic mass is 15.3. The number of aryl methyl sites for hydroxylation is 1. The summed E-state index contributed by atoms with van der Waals surface area (Å²) in [7, 11) is 0. The van der Waals surface area contributed by atoms with E-state index < -0.39 is 0 Å². The van der Waals surface area contributed by atoms with Crippen molar-refractivity contribution in [3.63, 3.8) is 0 Å². The molecule has 0 unspecified atom stereocenters. The third-order valence-corrected chi connectivity index (χ3v) is 4.84. The van der Waals surface area contributed by atoms with E-state index in [-0.39, 0.29) is 0 Å². The van der Waals surface area contributed by atoms with Gasteiger partial charge in [-0.05, 0) is 51.3 Å². The molecule has 2 fully saturated rings. The van der Waals surface area contributed by atoms with Gasteiger partial charge in [-0.1, -0.05) is 26.0 Å². The summed E-state index contributed by atoms with van der Waals surface area (Å²) in [6.45, 7) is 15.9. The van der Waals surface area contributed by atoms with E-state index in [0.29, 0.717) is 11.5 Å². The van der Waals surface area contributed by atoms with Crippen LogP contribution in [0.4, 0.5) is 5.69 Å². The highest BCUT2D eigenvalue weighted by Gasteiger charge is 2.46. The third kappa shape index (κ3) is 3.60. The number of rotatable bonds is 2. The van der Waals surface area contributed by atoms with E-state index in [2.05, 4.69) is 54.8 Å². The van der Waals surface area contributed by atoms with E-state index in [0.717, 1.165) is 0 Å². The Bertz CT molecular complexity index is 447. The highest BCUT2D eigenvalue weighted by Crippen LogP contribution is 2.41. The van der Waals surface area contributed by atoms with Gasteiger partial charge in [0.1, 0.15) is 0 Å². The van der Waals surface area contributed by atoms with Crippen LogP contribution >= 0.6 is 0 Å². The van der Waals surface area contributed by atoms with E-state index in [1.165, 1.54) is 50.3 Å². The molecule has 0 N–H and O–H groups in total. The fourth-order valence-electron chi connectivity index (χ4n) is 3.69. The SMILES string of the molecule is CC.Cc1cccc(N2CCCC3(C2)CN(C(C)C)C3)c1. The molecule has 0 atom stereocenters. The van der Waals surface area contributed by atoms with Crippen molar-refractivity contribution in [2.75, 3.05) is 31.1 Å². The number of likely N-dealkylation sites (tertiary alicyclic amines) is 1. The van der Waals surface area contributed by atoms with Crippen molar-refractivity contribution in [3.8, 4) is 0 Å². The monoisotopic (exact) mass is 288 g/mol. The quantitative estimate of drug-likeness (QED) is 0.799. The van der Waals surface area contributed by atoms with Gasteiger partial charge >= 0.3 is 0 Å². The summed E-state index contributed by atoms with van der Waals surface area (Å²) in [6, 6.07) is 9.68. The van der Waals surface area contributed by atoms with Crippen LogP contribution in [0.25, 0.3) is 0 Å². The smallest absolute Gasteiger partial charge is 0.0369 e.